The lowest BCUT2D eigenvalue weighted by Crippen LogP contribution is -2.30. The molecule has 0 radical (unpaired) electrons. The van der Waals surface area contributed by atoms with Gasteiger partial charge in [-0.25, -0.2) is 0 Å². The lowest BCUT2D eigenvalue weighted by atomic mass is 10.1. The second-order valence-electron chi connectivity index (χ2n) is 6.77. The predicted molar refractivity (Wildman–Crippen MR) is 113 cm³/mol. The number of aliphatic hydroxyl groups is 1. The van der Waals surface area contributed by atoms with Crippen LogP contribution in [-0.2, 0) is 11.2 Å². The van der Waals surface area contributed by atoms with E-state index in [1.165, 1.54) is 12.1 Å². The summed E-state index contributed by atoms with van der Waals surface area (Å²) in [4.78, 5) is 11.2. The Balaban J connectivity index is 1.60. The van der Waals surface area contributed by atoms with Gasteiger partial charge in [-0.1, -0.05) is 12.1 Å². The van der Waals surface area contributed by atoms with Crippen molar-refractivity contribution in [2.45, 2.75) is 18.9 Å². The third-order valence-electron chi connectivity index (χ3n) is 4.41. The number of nitrogens with one attached hydrogen (secondary N) is 1. The Hall–Kier alpha value is -2.81. The normalized spacial score (nSPS) is 11.8. The van der Waals surface area contributed by atoms with Gasteiger partial charge in [-0.3, -0.25) is 4.79 Å². The number of phenols is 1. The maximum absolute atomic E-state index is 11.2. The van der Waals surface area contributed by atoms with E-state index in [0.29, 0.717) is 45.1 Å². The van der Waals surface area contributed by atoms with Gasteiger partial charge in [0.15, 0.2) is 0 Å². The standard InChI is InChI=1S/C22H30N2O6/c1-28-12-13-30-18-6-3-16(4-7-18)2-5-17(25)15-24-10-11-29-19-8-9-21(26)20(14-19)22(23)27/h3-4,6-9,14,17,24-26H,2,5,10-13,15H2,1H3,(H2,23,27). The molecular weight excluding hydrogens is 388 g/mol. The molecule has 0 bridgehead atoms. The van der Waals surface area contributed by atoms with Crippen LogP contribution in [0.3, 0.4) is 0 Å². The van der Waals surface area contributed by atoms with Crippen LogP contribution in [0.25, 0.3) is 0 Å². The number of benzene rings is 2. The van der Waals surface area contributed by atoms with Crippen molar-refractivity contribution in [2.24, 2.45) is 5.73 Å². The molecule has 0 aliphatic heterocycles. The van der Waals surface area contributed by atoms with Crippen molar-refractivity contribution in [1.29, 1.82) is 0 Å². The van der Waals surface area contributed by atoms with E-state index in [1.807, 2.05) is 24.3 Å². The fourth-order valence-corrected chi connectivity index (χ4v) is 2.74. The molecule has 2 aromatic carbocycles. The highest BCUT2D eigenvalue weighted by Gasteiger charge is 2.09. The number of ether oxygens (including phenoxy) is 3. The van der Waals surface area contributed by atoms with Gasteiger partial charge in [0.25, 0.3) is 5.91 Å². The molecular formula is C22H30N2O6. The van der Waals surface area contributed by atoms with Crippen molar-refractivity contribution in [3.05, 3.63) is 53.6 Å². The van der Waals surface area contributed by atoms with Crippen LogP contribution < -0.4 is 20.5 Å². The van der Waals surface area contributed by atoms with Crippen LogP contribution in [-0.4, -0.2) is 62.2 Å². The summed E-state index contributed by atoms with van der Waals surface area (Å²) in [6.45, 7) is 2.39. The Morgan fingerprint density at radius 3 is 2.47 bits per heavy atom. The fourth-order valence-electron chi connectivity index (χ4n) is 2.74. The third kappa shape index (κ3) is 8.28. The van der Waals surface area contributed by atoms with E-state index in [4.69, 9.17) is 19.9 Å². The van der Waals surface area contributed by atoms with Crippen LogP contribution in [0, 0.1) is 0 Å². The number of methoxy groups -OCH3 is 1. The number of hydrogen-bond acceptors (Lipinski definition) is 7. The summed E-state index contributed by atoms with van der Waals surface area (Å²) in [6.07, 6.45) is 0.927. The fraction of sp³-hybridized carbons (Fsp3) is 0.409. The first-order chi connectivity index (χ1) is 14.5. The van der Waals surface area contributed by atoms with Crippen LogP contribution in [0.5, 0.6) is 17.2 Å². The van der Waals surface area contributed by atoms with Crippen LogP contribution in [0.4, 0.5) is 0 Å². The first-order valence-corrected chi connectivity index (χ1v) is 9.84. The zero-order valence-corrected chi connectivity index (χ0v) is 17.2. The molecule has 1 unspecified atom stereocenters. The molecule has 0 heterocycles. The lowest BCUT2D eigenvalue weighted by Gasteiger charge is -2.13. The van der Waals surface area contributed by atoms with Crippen LogP contribution >= 0.6 is 0 Å². The lowest BCUT2D eigenvalue weighted by molar-refractivity contribution is 0.0997. The molecule has 2 rings (SSSR count). The number of amides is 1. The molecule has 5 N–H and O–H groups in total. The summed E-state index contributed by atoms with van der Waals surface area (Å²) >= 11 is 0. The van der Waals surface area contributed by atoms with E-state index in [1.54, 1.807) is 13.2 Å². The van der Waals surface area contributed by atoms with Crippen molar-refractivity contribution in [3.8, 4) is 17.2 Å². The van der Waals surface area contributed by atoms with Crippen molar-refractivity contribution in [3.63, 3.8) is 0 Å². The number of hydrogen-bond donors (Lipinski definition) is 4. The van der Waals surface area contributed by atoms with Crippen LogP contribution in [0.2, 0.25) is 0 Å². The highest BCUT2D eigenvalue weighted by atomic mass is 16.5. The molecule has 30 heavy (non-hydrogen) atoms. The van der Waals surface area contributed by atoms with Crippen LogP contribution in [0.1, 0.15) is 22.3 Å². The van der Waals surface area contributed by atoms with Gasteiger partial charge >= 0.3 is 0 Å². The molecule has 2 aromatic rings. The van der Waals surface area contributed by atoms with Gasteiger partial charge in [0, 0.05) is 20.2 Å². The van der Waals surface area contributed by atoms with Gasteiger partial charge in [-0.2, -0.15) is 0 Å². The largest absolute Gasteiger partial charge is 0.507 e. The average molecular weight is 418 g/mol. The van der Waals surface area contributed by atoms with Gasteiger partial charge in [-0.15, -0.1) is 0 Å². The number of carbonyl (C=O) groups excluding carboxylic acids is 1. The number of primary amides is 1. The van der Waals surface area contributed by atoms with Gasteiger partial charge in [0.05, 0.1) is 18.3 Å². The summed E-state index contributed by atoms with van der Waals surface area (Å²) in [7, 11) is 1.64. The number of nitrogens with two attached hydrogens (primary N) is 1. The molecule has 0 aliphatic rings. The Kier molecular flexibility index (Phi) is 9.93. The number of carbonyl (C=O) groups is 1. The van der Waals surface area contributed by atoms with Gasteiger partial charge in [0.1, 0.15) is 30.5 Å². The summed E-state index contributed by atoms with van der Waals surface area (Å²) in [5, 5.41) is 22.8. The monoisotopic (exact) mass is 418 g/mol. The minimum atomic E-state index is -0.715. The van der Waals surface area contributed by atoms with Crippen molar-refractivity contribution < 1.29 is 29.2 Å². The zero-order chi connectivity index (χ0) is 21.8. The quantitative estimate of drug-likeness (QED) is 0.343. The first kappa shape index (κ1) is 23.5. The van der Waals surface area contributed by atoms with E-state index in [0.717, 1.165) is 17.7 Å². The topological polar surface area (TPSA) is 123 Å². The smallest absolute Gasteiger partial charge is 0.252 e. The van der Waals surface area contributed by atoms with E-state index >= 15 is 0 Å². The number of aliphatic hydroxyl groups excluding tert-OH is 1. The number of aryl methyl sites for hydroxylation is 1. The zero-order valence-electron chi connectivity index (χ0n) is 17.2. The van der Waals surface area contributed by atoms with Crippen molar-refractivity contribution >= 4 is 5.91 Å². The minimum absolute atomic E-state index is 0.0189. The minimum Gasteiger partial charge on any atom is -0.507 e. The van der Waals surface area contributed by atoms with Crippen molar-refractivity contribution in [1.82, 2.24) is 5.32 Å². The van der Waals surface area contributed by atoms with Gasteiger partial charge < -0.3 is 35.5 Å². The summed E-state index contributed by atoms with van der Waals surface area (Å²) in [6, 6.07) is 12.2. The third-order valence-corrected chi connectivity index (χ3v) is 4.41. The molecule has 0 aliphatic carbocycles. The van der Waals surface area contributed by atoms with E-state index in [9.17, 15) is 15.0 Å². The highest BCUT2D eigenvalue weighted by molar-refractivity contribution is 5.95. The molecule has 0 spiro atoms. The Morgan fingerprint density at radius 1 is 1.07 bits per heavy atom. The molecule has 0 saturated heterocycles. The van der Waals surface area contributed by atoms with E-state index in [2.05, 4.69) is 5.32 Å². The molecule has 8 heteroatoms. The molecule has 0 saturated carbocycles. The van der Waals surface area contributed by atoms with Crippen LogP contribution in [0.15, 0.2) is 42.5 Å². The number of rotatable bonds is 14. The Bertz CT molecular complexity index is 782. The maximum atomic E-state index is 11.2. The predicted octanol–water partition coefficient (Wildman–Crippen LogP) is 1.48. The molecule has 164 valence electrons. The summed E-state index contributed by atoms with van der Waals surface area (Å²) in [5.74, 6) is 0.352. The molecule has 0 aromatic heterocycles. The average Bonchev–Trinajstić information content (AvgIpc) is 2.74. The Labute approximate surface area is 176 Å². The second-order valence-corrected chi connectivity index (χ2v) is 6.77. The Morgan fingerprint density at radius 2 is 1.77 bits per heavy atom. The molecule has 8 nitrogen and oxygen atoms in total. The van der Waals surface area contributed by atoms with Gasteiger partial charge in [-0.05, 0) is 48.7 Å². The SMILES string of the molecule is COCCOc1ccc(CCC(O)CNCCOc2ccc(O)c(C(N)=O)c2)cc1. The second kappa shape index (κ2) is 12.7. The van der Waals surface area contributed by atoms with E-state index in [-0.39, 0.29) is 11.3 Å². The van der Waals surface area contributed by atoms with E-state index < -0.39 is 12.0 Å². The summed E-state index contributed by atoms with van der Waals surface area (Å²) in [5.41, 5.74) is 6.34. The summed E-state index contributed by atoms with van der Waals surface area (Å²) < 4.78 is 16.0. The van der Waals surface area contributed by atoms with Crippen molar-refractivity contribution in [2.75, 3.05) is 40.0 Å². The number of aromatic hydroxyl groups is 1. The molecule has 0 fully saturated rings. The van der Waals surface area contributed by atoms with Gasteiger partial charge in [0.2, 0.25) is 0 Å². The maximum Gasteiger partial charge on any atom is 0.252 e. The molecule has 1 atom stereocenters. The molecule has 1 amide bonds. The highest BCUT2D eigenvalue weighted by Crippen LogP contribution is 2.22. The first-order valence-electron chi connectivity index (χ1n) is 9.84.